The van der Waals surface area contributed by atoms with Crippen LogP contribution in [0.4, 0.5) is 18.9 Å². The second-order valence-corrected chi connectivity index (χ2v) is 6.32. The summed E-state index contributed by atoms with van der Waals surface area (Å²) in [5.74, 6) is -1.54. The van der Waals surface area contributed by atoms with Crippen LogP contribution in [0.1, 0.15) is 38.6 Å². The average molecular weight is 409 g/mol. The number of aliphatic hydroxyl groups is 1. The molecule has 152 valence electrons. The van der Waals surface area contributed by atoms with Crippen molar-refractivity contribution in [2.75, 3.05) is 12.8 Å². The first-order valence-electron chi connectivity index (χ1n) is 9.78. The first-order chi connectivity index (χ1) is 14.7. The molecule has 1 heterocycles. The summed E-state index contributed by atoms with van der Waals surface area (Å²) in [6.45, 7) is 1.50. The zero-order valence-corrected chi connectivity index (χ0v) is 14.9. The van der Waals surface area contributed by atoms with Gasteiger partial charge in [0.15, 0.2) is 0 Å². The highest BCUT2D eigenvalue weighted by Gasteiger charge is 2.32. The highest BCUT2D eigenvalue weighted by molar-refractivity contribution is 6.04. The highest BCUT2D eigenvalue weighted by Crippen LogP contribution is 2.34. The van der Waals surface area contributed by atoms with Crippen molar-refractivity contribution in [1.82, 2.24) is 4.57 Å². The topological polar surface area (TPSA) is 94.6 Å². The molecule has 6 nitrogen and oxygen atoms in total. The number of aromatic nitrogens is 1. The molecule has 0 bridgehead atoms. The number of pyridine rings is 1. The third kappa shape index (κ3) is 3.56. The first-order valence-corrected chi connectivity index (χ1v) is 8.28. The van der Waals surface area contributed by atoms with Crippen molar-refractivity contribution in [1.29, 1.82) is 0 Å². The van der Waals surface area contributed by atoms with Crippen LogP contribution in [-0.4, -0.2) is 22.7 Å². The molecule has 0 aliphatic rings. The summed E-state index contributed by atoms with van der Waals surface area (Å²) in [7, 11) is -3.17. The van der Waals surface area contributed by atoms with Crippen LogP contribution in [0.2, 0.25) is 0 Å². The van der Waals surface area contributed by atoms with Gasteiger partial charge in [0.25, 0.3) is 5.56 Å². The van der Waals surface area contributed by atoms with E-state index in [0.717, 1.165) is 16.7 Å². The molecule has 0 saturated heterocycles. The van der Waals surface area contributed by atoms with Crippen LogP contribution < -0.4 is 11.3 Å². The molecule has 0 saturated carbocycles. The molecule has 0 fully saturated rings. The predicted molar refractivity (Wildman–Crippen MR) is 101 cm³/mol. The van der Waals surface area contributed by atoms with Crippen molar-refractivity contribution in [3.05, 3.63) is 69.5 Å². The number of halogens is 3. The number of esters is 1. The smallest absolute Gasteiger partial charge is 0.416 e. The van der Waals surface area contributed by atoms with E-state index in [-0.39, 0.29) is 16.6 Å². The number of nitrogens with two attached hydrogens (primary N) is 1. The van der Waals surface area contributed by atoms with Crippen LogP contribution in [0.15, 0.2) is 47.3 Å². The third-order valence-electron chi connectivity index (χ3n) is 4.47. The number of carbonyl (C=O) groups is 1. The number of methoxy groups -OCH3 is 1. The van der Waals surface area contributed by atoms with Crippen molar-refractivity contribution in [2.24, 2.45) is 0 Å². The number of ether oxygens (including phenoxy) is 1. The van der Waals surface area contributed by atoms with Gasteiger partial charge in [-0.15, -0.1) is 0 Å². The molecular formula is C20H17F3N2O4. The van der Waals surface area contributed by atoms with Gasteiger partial charge in [0.2, 0.25) is 0 Å². The molecule has 1 unspecified atom stereocenters. The molecule has 3 N–H and O–H groups in total. The maximum atomic E-state index is 13.3. The van der Waals surface area contributed by atoms with Crippen LogP contribution in [-0.2, 0) is 10.9 Å². The Morgan fingerprint density at radius 3 is 2.45 bits per heavy atom. The van der Waals surface area contributed by atoms with Gasteiger partial charge in [0.1, 0.15) is 5.56 Å². The SMILES string of the molecule is [2H]C([2H])([2H])OC(=O)c1c(N)c2ccc(C(F)(F)F)cc2n(-c2ccc(C(C)O)cc2)c1=O. The number of rotatable bonds is 3. The van der Waals surface area contributed by atoms with Gasteiger partial charge in [0, 0.05) is 11.1 Å². The van der Waals surface area contributed by atoms with E-state index in [2.05, 4.69) is 4.74 Å². The van der Waals surface area contributed by atoms with Crippen LogP contribution in [0.3, 0.4) is 0 Å². The van der Waals surface area contributed by atoms with E-state index in [1.165, 1.54) is 31.2 Å². The van der Waals surface area contributed by atoms with E-state index in [1.807, 2.05) is 0 Å². The fourth-order valence-electron chi connectivity index (χ4n) is 3.00. The standard InChI is InChI=1S/C20H17F3N2O4/c1-10(26)11-3-6-13(7-4-11)25-15-9-12(20(21,22)23)5-8-14(15)17(24)16(18(25)27)19(28)29-2/h3-10,26H,24H2,1-2H3/i2D3. The van der Waals surface area contributed by atoms with Crippen molar-refractivity contribution in [2.45, 2.75) is 19.2 Å². The lowest BCUT2D eigenvalue weighted by atomic mass is 10.0. The molecular weight excluding hydrogens is 389 g/mol. The number of anilines is 1. The second-order valence-electron chi connectivity index (χ2n) is 6.32. The molecule has 1 atom stereocenters. The summed E-state index contributed by atoms with van der Waals surface area (Å²) < 4.78 is 66.3. The number of benzene rings is 2. The lowest BCUT2D eigenvalue weighted by Gasteiger charge is -2.17. The minimum absolute atomic E-state index is 0.0617. The molecule has 0 aliphatic heterocycles. The van der Waals surface area contributed by atoms with Crippen molar-refractivity contribution in [3.8, 4) is 5.69 Å². The quantitative estimate of drug-likeness (QED) is 0.647. The van der Waals surface area contributed by atoms with E-state index in [4.69, 9.17) is 9.85 Å². The molecule has 0 radical (unpaired) electrons. The van der Waals surface area contributed by atoms with Crippen molar-refractivity contribution in [3.63, 3.8) is 0 Å². The summed E-state index contributed by atoms with van der Waals surface area (Å²) >= 11 is 0. The Bertz CT molecular complexity index is 1250. The molecule has 0 amide bonds. The number of hydrogen-bond donors (Lipinski definition) is 2. The Balaban J connectivity index is 2.39. The molecule has 3 rings (SSSR count). The zero-order chi connectivity index (χ0) is 24.0. The van der Waals surface area contributed by atoms with Gasteiger partial charge in [-0.3, -0.25) is 9.36 Å². The minimum atomic E-state index is -4.72. The Morgan fingerprint density at radius 1 is 1.24 bits per heavy atom. The average Bonchev–Trinajstić information content (AvgIpc) is 2.66. The van der Waals surface area contributed by atoms with Crippen molar-refractivity contribution >= 4 is 22.6 Å². The first kappa shape index (κ1) is 16.6. The summed E-state index contributed by atoms with van der Waals surface area (Å²) in [5.41, 5.74) is 2.63. The summed E-state index contributed by atoms with van der Waals surface area (Å²) in [6, 6.07) is 8.03. The molecule has 2 aromatic carbocycles. The van der Waals surface area contributed by atoms with Gasteiger partial charge in [-0.25, -0.2) is 4.79 Å². The Hall–Kier alpha value is -3.33. The maximum Gasteiger partial charge on any atom is 0.416 e. The minimum Gasteiger partial charge on any atom is -0.465 e. The molecule has 3 aromatic rings. The van der Waals surface area contributed by atoms with Crippen LogP contribution in [0.25, 0.3) is 16.6 Å². The van der Waals surface area contributed by atoms with Crippen LogP contribution in [0, 0.1) is 0 Å². The summed E-state index contributed by atoms with van der Waals surface area (Å²) in [6.07, 6.45) is -5.57. The van der Waals surface area contributed by atoms with Crippen LogP contribution >= 0.6 is 0 Å². The number of alkyl halides is 3. The van der Waals surface area contributed by atoms with Gasteiger partial charge in [-0.05, 0) is 36.8 Å². The number of nitrogens with zero attached hydrogens (tertiary/aromatic N) is 1. The number of hydrogen-bond acceptors (Lipinski definition) is 5. The lowest BCUT2D eigenvalue weighted by Crippen LogP contribution is -2.28. The third-order valence-corrected chi connectivity index (χ3v) is 4.47. The highest BCUT2D eigenvalue weighted by atomic mass is 19.4. The number of aliphatic hydroxyl groups excluding tert-OH is 1. The number of nitrogen functional groups attached to an aromatic ring is 1. The normalized spacial score (nSPS) is 14.7. The van der Waals surface area contributed by atoms with E-state index in [1.54, 1.807) is 0 Å². The Morgan fingerprint density at radius 2 is 1.90 bits per heavy atom. The molecule has 9 heteroatoms. The van der Waals surface area contributed by atoms with Crippen molar-refractivity contribution < 1.29 is 31.9 Å². The zero-order valence-electron chi connectivity index (χ0n) is 17.9. The van der Waals surface area contributed by atoms with E-state index in [0.29, 0.717) is 11.6 Å². The van der Waals surface area contributed by atoms with E-state index < -0.39 is 47.7 Å². The van der Waals surface area contributed by atoms with E-state index >= 15 is 0 Å². The molecule has 0 aliphatic carbocycles. The molecule has 1 aromatic heterocycles. The fourth-order valence-corrected chi connectivity index (χ4v) is 3.00. The predicted octanol–water partition coefficient (Wildman–Crippen LogP) is 3.43. The fraction of sp³-hybridized carbons (Fsp3) is 0.200. The number of fused-ring (bicyclic) bond motifs is 1. The lowest BCUT2D eigenvalue weighted by molar-refractivity contribution is -0.137. The van der Waals surface area contributed by atoms with Gasteiger partial charge >= 0.3 is 12.1 Å². The summed E-state index contributed by atoms with van der Waals surface area (Å²) in [5, 5.41) is 9.59. The maximum absolute atomic E-state index is 13.3. The van der Waals surface area contributed by atoms with Crippen LogP contribution in [0.5, 0.6) is 0 Å². The van der Waals surface area contributed by atoms with Gasteiger partial charge in [-0.2, -0.15) is 13.2 Å². The summed E-state index contributed by atoms with van der Waals surface area (Å²) in [4.78, 5) is 25.6. The molecule has 29 heavy (non-hydrogen) atoms. The monoisotopic (exact) mass is 409 g/mol. The molecule has 0 spiro atoms. The second kappa shape index (κ2) is 7.25. The largest absolute Gasteiger partial charge is 0.465 e. The van der Waals surface area contributed by atoms with E-state index in [9.17, 15) is 27.9 Å². The van der Waals surface area contributed by atoms with Gasteiger partial charge in [-0.1, -0.05) is 18.2 Å². The Labute approximate surface area is 167 Å². The van der Waals surface area contributed by atoms with Gasteiger partial charge in [0.05, 0.1) is 34.0 Å². The number of carbonyl (C=O) groups excluding carboxylic acids is 1. The Kier molecular flexibility index (Phi) is 4.15. The van der Waals surface area contributed by atoms with Gasteiger partial charge < -0.3 is 15.6 Å².